The van der Waals surface area contributed by atoms with Gasteiger partial charge in [-0.25, -0.2) is 0 Å². The third kappa shape index (κ3) is 4.25. The van der Waals surface area contributed by atoms with Gasteiger partial charge in [-0.2, -0.15) is 5.10 Å². The van der Waals surface area contributed by atoms with Crippen molar-refractivity contribution >= 4 is 29.9 Å². The molecule has 2 N–H and O–H groups in total. The number of amides is 1. The van der Waals surface area contributed by atoms with Crippen LogP contribution in [-0.4, -0.2) is 28.8 Å². The minimum Gasteiger partial charge on any atom is -0.352 e. The fourth-order valence-electron chi connectivity index (χ4n) is 2.86. The van der Waals surface area contributed by atoms with Gasteiger partial charge in [0.25, 0.3) is 0 Å². The summed E-state index contributed by atoms with van der Waals surface area (Å²) < 4.78 is 1.77. The van der Waals surface area contributed by atoms with Crippen LogP contribution in [0.1, 0.15) is 17.0 Å². The number of carbonyl (C=O) groups excluding carboxylic acids is 1. The summed E-state index contributed by atoms with van der Waals surface area (Å²) in [5.74, 6) is 0.198. The van der Waals surface area contributed by atoms with E-state index in [1.807, 2.05) is 43.7 Å². The first-order valence-corrected chi connectivity index (χ1v) is 7.72. The Morgan fingerprint density at radius 1 is 1.39 bits per heavy atom. The molecule has 1 fully saturated rings. The van der Waals surface area contributed by atoms with Gasteiger partial charge in [0.05, 0.1) is 12.1 Å². The van der Waals surface area contributed by atoms with E-state index in [9.17, 15) is 4.79 Å². The molecule has 1 aromatic carbocycles. The molecule has 0 unspecified atom stereocenters. The van der Waals surface area contributed by atoms with Crippen molar-refractivity contribution in [3.63, 3.8) is 0 Å². The van der Waals surface area contributed by atoms with Gasteiger partial charge in [0.2, 0.25) is 5.91 Å². The zero-order chi connectivity index (χ0) is 15.5. The molecule has 1 amide bonds. The van der Waals surface area contributed by atoms with Gasteiger partial charge in [-0.1, -0.05) is 23.7 Å². The Morgan fingerprint density at radius 3 is 2.78 bits per heavy atom. The highest BCUT2D eigenvalue weighted by Gasteiger charge is 2.34. The molecule has 3 rings (SSSR count). The molecule has 1 aliphatic heterocycles. The lowest BCUT2D eigenvalue weighted by molar-refractivity contribution is -0.125. The van der Waals surface area contributed by atoms with Crippen molar-refractivity contribution in [1.29, 1.82) is 0 Å². The van der Waals surface area contributed by atoms with Crippen LogP contribution in [0.5, 0.6) is 0 Å². The molecule has 2 aromatic rings. The van der Waals surface area contributed by atoms with Crippen LogP contribution in [0.25, 0.3) is 0 Å². The quantitative estimate of drug-likeness (QED) is 0.883. The maximum atomic E-state index is 12.5. The summed E-state index contributed by atoms with van der Waals surface area (Å²) in [5.41, 5.74) is 2.15. The second-order valence-corrected chi connectivity index (χ2v) is 6.10. The van der Waals surface area contributed by atoms with Gasteiger partial charge in [-0.05, 0) is 23.3 Å². The zero-order valence-electron chi connectivity index (χ0n) is 12.8. The van der Waals surface area contributed by atoms with Crippen LogP contribution < -0.4 is 10.6 Å². The summed E-state index contributed by atoms with van der Waals surface area (Å²) in [7, 11) is 1.89. The monoisotopic (exact) mass is 354 g/mol. The lowest BCUT2D eigenvalue weighted by Crippen LogP contribution is -2.33. The van der Waals surface area contributed by atoms with Crippen molar-refractivity contribution in [3.05, 3.63) is 52.8 Å². The fourth-order valence-corrected chi connectivity index (χ4v) is 2.98. The van der Waals surface area contributed by atoms with E-state index in [0.29, 0.717) is 18.1 Å². The van der Waals surface area contributed by atoms with Crippen molar-refractivity contribution < 1.29 is 4.79 Å². The van der Waals surface area contributed by atoms with Gasteiger partial charge in [-0.3, -0.25) is 9.48 Å². The number of aryl methyl sites for hydroxylation is 1. The highest BCUT2D eigenvalue weighted by atomic mass is 35.5. The molecule has 1 aliphatic rings. The van der Waals surface area contributed by atoms with Crippen LogP contribution in [0.2, 0.25) is 5.02 Å². The maximum absolute atomic E-state index is 12.5. The Bertz CT molecular complexity index is 656. The number of rotatable bonds is 4. The molecule has 0 bridgehead atoms. The lowest BCUT2D eigenvalue weighted by atomic mass is 9.90. The molecule has 7 heteroatoms. The number of hydrogen-bond acceptors (Lipinski definition) is 3. The van der Waals surface area contributed by atoms with Crippen LogP contribution in [0.15, 0.2) is 36.7 Å². The van der Waals surface area contributed by atoms with Gasteiger partial charge >= 0.3 is 0 Å². The summed E-state index contributed by atoms with van der Waals surface area (Å²) in [6, 6.07) is 7.51. The lowest BCUT2D eigenvalue weighted by Gasteiger charge is -2.17. The number of hydrogen-bond donors (Lipinski definition) is 2. The average molecular weight is 355 g/mol. The van der Waals surface area contributed by atoms with Gasteiger partial charge < -0.3 is 10.6 Å². The Labute approximate surface area is 146 Å². The predicted octanol–water partition coefficient (Wildman–Crippen LogP) is 2.11. The molecule has 1 aromatic heterocycles. The van der Waals surface area contributed by atoms with E-state index in [1.54, 1.807) is 4.68 Å². The van der Waals surface area contributed by atoms with Crippen molar-refractivity contribution in [2.45, 2.75) is 12.5 Å². The second kappa shape index (κ2) is 7.81. The second-order valence-electron chi connectivity index (χ2n) is 5.66. The normalized spacial score (nSPS) is 20.1. The highest BCUT2D eigenvalue weighted by Crippen LogP contribution is 2.27. The topological polar surface area (TPSA) is 59.0 Å². The van der Waals surface area contributed by atoms with Crippen LogP contribution in [-0.2, 0) is 18.4 Å². The zero-order valence-corrected chi connectivity index (χ0v) is 14.4. The third-order valence-electron chi connectivity index (χ3n) is 4.08. The highest BCUT2D eigenvalue weighted by molar-refractivity contribution is 6.30. The number of nitrogens with zero attached hydrogens (tertiary/aromatic N) is 2. The molecule has 0 aliphatic carbocycles. The van der Waals surface area contributed by atoms with E-state index in [0.717, 1.165) is 17.7 Å². The van der Waals surface area contributed by atoms with Gasteiger partial charge in [0, 0.05) is 43.8 Å². The van der Waals surface area contributed by atoms with E-state index in [-0.39, 0.29) is 30.2 Å². The van der Waals surface area contributed by atoms with Crippen molar-refractivity contribution in [2.24, 2.45) is 13.0 Å². The summed E-state index contributed by atoms with van der Waals surface area (Å²) >= 11 is 5.86. The van der Waals surface area contributed by atoms with Gasteiger partial charge in [0.1, 0.15) is 0 Å². The largest absolute Gasteiger partial charge is 0.352 e. The first kappa shape index (κ1) is 17.8. The van der Waals surface area contributed by atoms with Crippen molar-refractivity contribution in [3.8, 4) is 0 Å². The van der Waals surface area contributed by atoms with E-state index in [1.165, 1.54) is 0 Å². The Kier molecular flexibility index (Phi) is 6.04. The van der Waals surface area contributed by atoms with E-state index < -0.39 is 0 Å². The van der Waals surface area contributed by atoms with E-state index >= 15 is 0 Å². The SMILES string of the molecule is Cl.Cn1cc([C@H]2CNC[C@@H]2C(=O)NCc2ccc(Cl)cc2)cn1. The molecule has 2 heterocycles. The fraction of sp³-hybridized carbons (Fsp3) is 0.375. The number of nitrogens with one attached hydrogen (secondary N) is 2. The first-order chi connectivity index (χ1) is 10.6. The Hall–Kier alpha value is -1.56. The molecule has 2 atom stereocenters. The molecule has 0 radical (unpaired) electrons. The van der Waals surface area contributed by atoms with Gasteiger partial charge in [-0.15, -0.1) is 12.4 Å². The molecule has 1 saturated heterocycles. The molecule has 5 nitrogen and oxygen atoms in total. The summed E-state index contributed by atoms with van der Waals surface area (Å²) in [4.78, 5) is 12.5. The standard InChI is InChI=1S/C16H19ClN4O.ClH/c1-21-10-12(7-20-21)14-8-18-9-15(14)16(22)19-6-11-2-4-13(17)5-3-11;/h2-5,7,10,14-15,18H,6,8-9H2,1H3,(H,19,22);1H/t14-,15+;/m1./s1. The first-order valence-electron chi connectivity index (χ1n) is 7.35. The van der Waals surface area contributed by atoms with Crippen LogP contribution in [0, 0.1) is 5.92 Å². The maximum Gasteiger partial charge on any atom is 0.225 e. The predicted molar refractivity (Wildman–Crippen MR) is 92.9 cm³/mol. The van der Waals surface area contributed by atoms with E-state index in [2.05, 4.69) is 15.7 Å². The third-order valence-corrected chi connectivity index (χ3v) is 4.34. The number of carbonyl (C=O) groups is 1. The minimum absolute atomic E-state index is 0. The number of benzene rings is 1. The minimum atomic E-state index is -0.0588. The van der Waals surface area contributed by atoms with E-state index in [4.69, 9.17) is 11.6 Å². The van der Waals surface area contributed by atoms with Crippen molar-refractivity contribution in [1.82, 2.24) is 20.4 Å². The van der Waals surface area contributed by atoms with Crippen LogP contribution in [0.4, 0.5) is 0 Å². The summed E-state index contributed by atoms with van der Waals surface area (Å²) in [5, 5.41) is 11.2. The van der Waals surface area contributed by atoms with Gasteiger partial charge in [0.15, 0.2) is 0 Å². The number of halogens is 2. The Balaban J connectivity index is 0.00000192. The number of aromatic nitrogens is 2. The summed E-state index contributed by atoms with van der Waals surface area (Å²) in [6.45, 7) is 2.03. The summed E-state index contributed by atoms with van der Waals surface area (Å²) in [6.07, 6.45) is 3.83. The molecule has 0 spiro atoms. The molecule has 0 saturated carbocycles. The van der Waals surface area contributed by atoms with Crippen LogP contribution in [0.3, 0.4) is 0 Å². The average Bonchev–Trinajstić information content (AvgIpc) is 3.14. The molecular weight excluding hydrogens is 335 g/mol. The van der Waals surface area contributed by atoms with Crippen LogP contribution >= 0.6 is 24.0 Å². The smallest absolute Gasteiger partial charge is 0.225 e. The molecule has 124 valence electrons. The molecule has 23 heavy (non-hydrogen) atoms. The molecular formula is C16H20Cl2N4O. The Morgan fingerprint density at radius 2 is 2.13 bits per heavy atom. The van der Waals surface area contributed by atoms with Crippen molar-refractivity contribution in [2.75, 3.05) is 13.1 Å².